The molecule has 0 N–H and O–H groups in total. The second-order valence-electron chi connectivity index (χ2n) is 3.66. The molecule has 0 spiro atoms. The van der Waals surface area contributed by atoms with Crippen LogP contribution < -0.4 is 0 Å². The minimum atomic E-state index is -0.735. The highest BCUT2D eigenvalue weighted by atomic mass is 35.5. The van der Waals surface area contributed by atoms with Gasteiger partial charge in [0.25, 0.3) is 5.37 Å². The van der Waals surface area contributed by atoms with Gasteiger partial charge in [-0.25, -0.2) is 9.97 Å². The summed E-state index contributed by atoms with van der Waals surface area (Å²) in [4.78, 5) is 19.3. The highest BCUT2D eigenvalue weighted by molar-refractivity contribution is 8.00. The molecular weight excluding hydrogens is 278 g/mol. The summed E-state index contributed by atoms with van der Waals surface area (Å²) in [7, 11) is 0. The number of hydrogen-bond donors (Lipinski definition) is 0. The lowest BCUT2D eigenvalue weighted by atomic mass is 10.2. The van der Waals surface area contributed by atoms with Crippen LogP contribution in [0.25, 0.3) is 11.5 Å². The second kappa shape index (κ2) is 4.25. The van der Waals surface area contributed by atoms with Gasteiger partial charge in [-0.2, -0.15) is 0 Å². The molecule has 1 unspecified atom stereocenters. The Hall–Kier alpha value is -1.60. The smallest absolute Gasteiger partial charge is 0.268 e. The molecule has 2 aromatic rings. The quantitative estimate of drug-likeness (QED) is 0.479. The van der Waals surface area contributed by atoms with E-state index >= 15 is 0 Å². The minimum absolute atomic E-state index is 0.0738. The van der Waals surface area contributed by atoms with Gasteiger partial charge in [-0.05, 0) is 35.5 Å². The zero-order chi connectivity index (χ0) is 12.7. The third kappa shape index (κ3) is 1.85. The van der Waals surface area contributed by atoms with Crippen molar-refractivity contribution in [1.82, 2.24) is 9.97 Å². The molecule has 1 aliphatic rings. The Balaban J connectivity index is 2.11. The lowest BCUT2D eigenvalue weighted by Crippen LogP contribution is -2.13. The van der Waals surface area contributed by atoms with Crippen molar-refractivity contribution >= 4 is 23.4 Å². The average molecular weight is 284 g/mol. The summed E-state index contributed by atoms with van der Waals surface area (Å²) in [6, 6.07) is 3.46. The van der Waals surface area contributed by atoms with Crippen LogP contribution >= 0.6 is 23.4 Å². The first kappa shape index (κ1) is 11.5. The van der Waals surface area contributed by atoms with Crippen molar-refractivity contribution in [2.75, 3.05) is 0 Å². The third-order valence-electron chi connectivity index (χ3n) is 2.52. The van der Waals surface area contributed by atoms with E-state index in [2.05, 4.69) is 9.97 Å². The largest absolute Gasteiger partial charge is 0.463 e. The molecule has 0 radical (unpaired) electrons. The molecule has 0 aliphatic carbocycles. The van der Waals surface area contributed by atoms with Crippen LogP contribution in [0.2, 0.25) is 5.28 Å². The number of halogens is 1. The first-order chi connectivity index (χ1) is 8.65. The SMILES string of the molecule is O=[N+]([O-])C1Cc2nc(Cl)nc(-c3ccco3)c2S1. The molecule has 0 saturated heterocycles. The van der Waals surface area contributed by atoms with Gasteiger partial charge >= 0.3 is 0 Å². The third-order valence-corrected chi connectivity index (χ3v) is 3.96. The molecule has 6 nitrogen and oxygen atoms in total. The number of fused-ring (bicyclic) bond motifs is 1. The van der Waals surface area contributed by atoms with Gasteiger partial charge in [0.15, 0.2) is 5.76 Å². The maximum Gasteiger partial charge on any atom is 0.268 e. The first-order valence-corrected chi connectivity index (χ1v) is 6.31. The molecule has 3 heterocycles. The van der Waals surface area contributed by atoms with Crippen LogP contribution in [-0.4, -0.2) is 20.3 Å². The molecule has 92 valence electrons. The highest BCUT2D eigenvalue weighted by Crippen LogP contribution is 2.42. The number of rotatable bonds is 2. The van der Waals surface area contributed by atoms with E-state index in [0.29, 0.717) is 22.0 Å². The normalized spacial score (nSPS) is 17.7. The summed E-state index contributed by atoms with van der Waals surface area (Å²) in [6.45, 7) is 0. The van der Waals surface area contributed by atoms with Gasteiger partial charge in [-0.15, -0.1) is 0 Å². The van der Waals surface area contributed by atoms with Crippen LogP contribution in [0, 0.1) is 10.1 Å². The van der Waals surface area contributed by atoms with Crippen LogP contribution in [0.3, 0.4) is 0 Å². The van der Waals surface area contributed by atoms with Gasteiger partial charge in [0, 0.05) is 4.92 Å². The van der Waals surface area contributed by atoms with Crippen LogP contribution in [-0.2, 0) is 6.42 Å². The van der Waals surface area contributed by atoms with Crippen LogP contribution in [0.5, 0.6) is 0 Å². The van der Waals surface area contributed by atoms with Gasteiger partial charge in [-0.1, -0.05) is 0 Å². The van der Waals surface area contributed by atoms with E-state index in [-0.39, 0.29) is 16.6 Å². The molecule has 1 atom stereocenters. The van der Waals surface area contributed by atoms with E-state index in [0.717, 1.165) is 11.8 Å². The Morgan fingerprint density at radius 1 is 1.56 bits per heavy atom. The second-order valence-corrected chi connectivity index (χ2v) is 5.18. The fourth-order valence-electron chi connectivity index (χ4n) is 1.77. The van der Waals surface area contributed by atoms with Crippen molar-refractivity contribution in [3.05, 3.63) is 39.5 Å². The standard InChI is InChI=1S/C10H6ClN3O3S/c11-10-12-5-4-7(14(15)16)18-9(5)8(13-10)6-2-1-3-17-6/h1-3,7H,4H2. The van der Waals surface area contributed by atoms with Gasteiger partial charge in [0.1, 0.15) is 5.69 Å². The molecule has 0 bridgehead atoms. The molecule has 0 saturated carbocycles. The first-order valence-electron chi connectivity index (χ1n) is 5.05. The summed E-state index contributed by atoms with van der Waals surface area (Å²) in [6.07, 6.45) is 1.77. The average Bonchev–Trinajstić information content (AvgIpc) is 2.96. The van der Waals surface area contributed by atoms with Gasteiger partial charge in [-0.3, -0.25) is 10.1 Å². The summed E-state index contributed by atoms with van der Waals surface area (Å²) in [5.41, 5.74) is 1.12. The molecule has 1 aliphatic heterocycles. The highest BCUT2D eigenvalue weighted by Gasteiger charge is 2.35. The lowest BCUT2D eigenvalue weighted by Gasteiger charge is -2.03. The molecule has 3 rings (SSSR count). The van der Waals surface area contributed by atoms with Crippen LogP contribution in [0.1, 0.15) is 5.69 Å². The molecule has 0 aromatic carbocycles. The molecule has 2 aromatic heterocycles. The van der Waals surface area contributed by atoms with Crippen molar-refractivity contribution < 1.29 is 9.34 Å². The van der Waals surface area contributed by atoms with Crippen molar-refractivity contribution in [2.45, 2.75) is 16.7 Å². The molecule has 0 fully saturated rings. The molecule has 8 heteroatoms. The van der Waals surface area contributed by atoms with Gasteiger partial charge in [0.2, 0.25) is 5.28 Å². The van der Waals surface area contributed by atoms with E-state index < -0.39 is 5.37 Å². The Kier molecular flexibility index (Phi) is 2.71. The number of nitro groups is 1. The summed E-state index contributed by atoms with van der Waals surface area (Å²) < 4.78 is 5.26. The van der Waals surface area contributed by atoms with Crippen molar-refractivity contribution in [3.63, 3.8) is 0 Å². The van der Waals surface area contributed by atoms with Gasteiger partial charge < -0.3 is 4.42 Å². The van der Waals surface area contributed by atoms with Crippen molar-refractivity contribution in [3.8, 4) is 11.5 Å². The van der Waals surface area contributed by atoms with Crippen molar-refractivity contribution in [2.24, 2.45) is 0 Å². The van der Waals surface area contributed by atoms with Crippen LogP contribution in [0.15, 0.2) is 27.7 Å². The molecule has 18 heavy (non-hydrogen) atoms. The number of hydrogen-bond acceptors (Lipinski definition) is 6. The lowest BCUT2D eigenvalue weighted by molar-refractivity contribution is -0.494. The van der Waals surface area contributed by atoms with E-state index in [1.54, 1.807) is 12.1 Å². The van der Waals surface area contributed by atoms with Crippen LogP contribution in [0.4, 0.5) is 0 Å². The van der Waals surface area contributed by atoms with E-state index in [1.165, 1.54) is 6.26 Å². The predicted octanol–water partition coefficient (Wildman–Crippen LogP) is 2.64. The van der Waals surface area contributed by atoms with Gasteiger partial charge in [0.05, 0.1) is 23.3 Å². The zero-order valence-electron chi connectivity index (χ0n) is 8.87. The van der Waals surface area contributed by atoms with E-state index in [9.17, 15) is 10.1 Å². The summed E-state index contributed by atoms with van der Waals surface area (Å²) >= 11 is 6.96. The number of nitrogens with zero attached hydrogens (tertiary/aromatic N) is 3. The zero-order valence-corrected chi connectivity index (χ0v) is 10.4. The summed E-state index contributed by atoms with van der Waals surface area (Å²) in [5.74, 6) is 0.534. The Bertz CT molecular complexity index is 617. The van der Waals surface area contributed by atoms with Crippen molar-refractivity contribution in [1.29, 1.82) is 0 Å². The molecule has 0 amide bonds. The number of thioether (sulfide) groups is 1. The maximum absolute atomic E-state index is 10.8. The van der Waals surface area contributed by atoms with E-state index in [1.807, 2.05) is 0 Å². The number of aromatic nitrogens is 2. The Morgan fingerprint density at radius 2 is 2.39 bits per heavy atom. The fraction of sp³-hybridized carbons (Fsp3) is 0.200. The molecular formula is C10H6ClN3O3S. The summed E-state index contributed by atoms with van der Waals surface area (Å²) in [5, 5.41) is 10.2. The van der Waals surface area contributed by atoms with E-state index in [4.69, 9.17) is 16.0 Å². The Morgan fingerprint density at radius 3 is 3.06 bits per heavy atom. The number of furan rings is 1. The topological polar surface area (TPSA) is 82.1 Å². The monoisotopic (exact) mass is 283 g/mol. The minimum Gasteiger partial charge on any atom is -0.463 e. The Labute approximate surface area is 111 Å². The predicted molar refractivity (Wildman–Crippen MR) is 65.1 cm³/mol. The maximum atomic E-state index is 10.8. The fourth-order valence-corrected chi connectivity index (χ4v) is 3.08.